The van der Waals surface area contributed by atoms with Gasteiger partial charge in [-0.1, -0.05) is 30.3 Å². The molecule has 1 aromatic carbocycles. The van der Waals surface area contributed by atoms with Gasteiger partial charge >= 0.3 is 5.97 Å². The van der Waals surface area contributed by atoms with Gasteiger partial charge in [-0.3, -0.25) is 19.0 Å². The number of esters is 1. The van der Waals surface area contributed by atoms with E-state index >= 15 is 0 Å². The first-order chi connectivity index (χ1) is 13.1. The molecule has 0 saturated carbocycles. The Bertz CT molecular complexity index is 1080. The van der Waals surface area contributed by atoms with Gasteiger partial charge < -0.3 is 4.74 Å². The van der Waals surface area contributed by atoms with Crippen LogP contribution in [-0.4, -0.2) is 28.4 Å². The Balaban J connectivity index is 1.85. The molecule has 3 aromatic rings. The van der Waals surface area contributed by atoms with Crippen LogP contribution in [0.1, 0.15) is 39.7 Å². The average molecular weight is 382 g/mol. The standard InChI is InChI=1S/C20H18N2O4S/c1-26-16(23)10-14(18(24)12-6-3-2-4-7-12)22-11-21-19-17(20(22)25)13-8-5-9-15(13)27-19/h2-4,6-7,11,14H,5,8-10H2,1H3. The van der Waals surface area contributed by atoms with E-state index < -0.39 is 12.0 Å². The highest BCUT2D eigenvalue weighted by molar-refractivity contribution is 7.18. The highest BCUT2D eigenvalue weighted by Gasteiger charge is 2.29. The molecule has 0 radical (unpaired) electrons. The van der Waals surface area contributed by atoms with Gasteiger partial charge in [-0.05, 0) is 24.8 Å². The summed E-state index contributed by atoms with van der Waals surface area (Å²) in [5, 5.41) is 0.589. The number of nitrogens with zero attached hydrogens (tertiary/aromatic N) is 2. The first-order valence-electron chi connectivity index (χ1n) is 8.77. The van der Waals surface area contributed by atoms with Crippen molar-refractivity contribution in [2.75, 3.05) is 7.11 Å². The minimum atomic E-state index is -0.985. The molecule has 0 aliphatic heterocycles. The van der Waals surface area contributed by atoms with E-state index in [4.69, 9.17) is 4.74 Å². The number of benzene rings is 1. The maximum absolute atomic E-state index is 13.2. The molecule has 0 fully saturated rings. The molecule has 0 bridgehead atoms. The number of ketones is 1. The number of Topliss-reactive ketones (excluding diaryl/α,β-unsaturated/α-hetero) is 1. The van der Waals surface area contributed by atoms with Crippen molar-refractivity contribution in [3.63, 3.8) is 0 Å². The monoisotopic (exact) mass is 382 g/mol. The van der Waals surface area contributed by atoms with Gasteiger partial charge in [-0.2, -0.15) is 0 Å². The van der Waals surface area contributed by atoms with E-state index in [-0.39, 0.29) is 17.8 Å². The number of methoxy groups -OCH3 is 1. The normalized spacial score (nSPS) is 14.1. The van der Waals surface area contributed by atoms with Crippen LogP contribution < -0.4 is 5.56 Å². The summed E-state index contributed by atoms with van der Waals surface area (Å²) in [7, 11) is 1.27. The first kappa shape index (κ1) is 17.6. The number of aryl methyl sites for hydroxylation is 2. The number of hydrogen-bond acceptors (Lipinski definition) is 6. The van der Waals surface area contributed by atoms with E-state index in [1.807, 2.05) is 0 Å². The van der Waals surface area contributed by atoms with Crippen LogP contribution >= 0.6 is 11.3 Å². The topological polar surface area (TPSA) is 78.3 Å². The minimum Gasteiger partial charge on any atom is -0.469 e. The van der Waals surface area contributed by atoms with E-state index in [2.05, 4.69) is 4.98 Å². The van der Waals surface area contributed by atoms with Crippen molar-refractivity contribution < 1.29 is 14.3 Å². The lowest BCUT2D eigenvalue weighted by Gasteiger charge is -2.17. The van der Waals surface area contributed by atoms with Crippen LogP contribution in [0.4, 0.5) is 0 Å². The molecule has 2 heterocycles. The largest absolute Gasteiger partial charge is 0.469 e. The van der Waals surface area contributed by atoms with Gasteiger partial charge in [0.25, 0.3) is 5.56 Å². The van der Waals surface area contributed by atoms with Crippen LogP contribution in [0.5, 0.6) is 0 Å². The molecular formula is C20H18N2O4S. The maximum Gasteiger partial charge on any atom is 0.308 e. The molecule has 2 aromatic heterocycles. The number of thiophene rings is 1. The lowest BCUT2D eigenvalue weighted by molar-refractivity contribution is -0.141. The number of ether oxygens (including phenoxy) is 1. The van der Waals surface area contributed by atoms with Gasteiger partial charge in [0, 0.05) is 10.4 Å². The van der Waals surface area contributed by atoms with Crippen LogP contribution in [0.25, 0.3) is 10.2 Å². The summed E-state index contributed by atoms with van der Waals surface area (Å²) in [5.41, 5.74) is 1.22. The third-order valence-corrected chi connectivity index (χ3v) is 6.13. The van der Waals surface area contributed by atoms with Crippen molar-refractivity contribution in [2.45, 2.75) is 31.7 Å². The van der Waals surface area contributed by atoms with Crippen molar-refractivity contribution in [3.05, 3.63) is 63.0 Å². The van der Waals surface area contributed by atoms with Crippen molar-refractivity contribution >= 4 is 33.3 Å². The molecule has 27 heavy (non-hydrogen) atoms. The Hall–Kier alpha value is -2.80. The molecule has 1 aliphatic rings. The lowest BCUT2D eigenvalue weighted by atomic mass is 10.0. The second-order valence-electron chi connectivity index (χ2n) is 6.52. The van der Waals surface area contributed by atoms with Gasteiger partial charge in [-0.15, -0.1) is 11.3 Å². The Morgan fingerprint density at radius 1 is 1.26 bits per heavy atom. The molecule has 0 amide bonds. The Morgan fingerprint density at radius 2 is 2.04 bits per heavy atom. The number of aromatic nitrogens is 2. The van der Waals surface area contributed by atoms with Gasteiger partial charge in [0.2, 0.25) is 0 Å². The second-order valence-corrected chi connectivity index (χ2v) is 7.60. The van der Waals surface area contributed by atoms with Gasteiger partial charge in [0.1, 0.15) is 10.9 Å². The average Bonchev–Trinajstić information content (AvgIpc) is 3.28. The van der Waals surface area contributed by atoms with Crippen molar-refractivity contribution in [1.82, 2.24) is 9.55 Å². The van der Waals surface area contributed by atoms with Crippen molar-refractivity contribution in [2.24, 2.45) is 0 Å². The number of carbonyl (C=O) groups excluding carboxylic acids is 2. The predicted octanol–water partition coefficient (Wildman–Crippen LogP) is 2.93. The molecule has 6 nitrogen and oxygen atoms in total. The fourth-order valence-corrected chi connectivity index (χ4v) is 4.79. The number of hydrogen-bond donors (Lipinski definition) is 0. The summed E-state index contributed by atoms with van der Waals surface area (Å²) < 4.78 is 6.04. The van der Waals surface area contributed by atoms with Crippen molar-refractivity contribution in [3.8, 4) is 0 Å². The first-order valence-corrected chi connectivity index (χ1v) is 9.59. The Labute approximate surface area is 159 Å². The summed E-state index contributed by atoms with van der Waals surface area (Å²) in [4.78, 5) is 44.5. The van der Waals surface area contributed by atoms with E-state index in [1.165, 1.54) is 22.9 Å². The number of carbonyl (C=O) groups is 2. The fraction of sp³-hybridized carbons (Fsp3) is 0.300. The summed E-state index contributed by atoms with van der Waals surface area (Å²) in [6.07, 6.45) is 4.00. The molecule has 138 valence electrons. The molecule has 7 heteroatoms. The molecular weight excluding hydrogens is 364 g/mol. The second kappa shape index (κ2) is 7.08. The van der Waals surface area contributed by atoms with Crippen LogP contribution in [0.2, 0.25) is 0 Å². The van der Waals surface area contributed by atoms with Gasteiger partial charge in [0.05, 0.1) is 25.2 Å². The molecule has 1 atom stereocenters. The molecule has 1 aliphatic carbocycles. The zero-order valence-electron chi connectivity index (χ0n) is 14.8. The Morgan fingerprint density at radius 3 is 2.78 bits per heavy atom. The number of fused-ring (bicyclic) bond motifs is 3. The quantitative estimate of drug-likeness (QED) is 0.501. The van der Waals surface area contributed by atoms with Crippen LogP contribution in [0.15, 0.2) is 41.5 Å². The highest BCUT2D eigenvalue weighted by atomic mass is 32.1. The van der Waals surface area contributed by atoms with Gasteiger partial charge in [0.15, 0.2) is 5.78 Å². The predicted molar refractivity (Wildman–Crippen MR) is 102 cm³/mol. The third-order valence-electron chi connectivity index (χ3n) is 4.93. The van der Waals surface area contributed by atoms with Crippen LogP contribution in [0, 0.1) is 0 Å². The molecule has 0 saturated heterocycles. The van der Waals surface area contributed by atoms with Gasteiger partial charge in [-0.25, -0.2) is 4.98 Å². The minimum absolute atomic E-state index is 0.219. The maximum atomic E-state index is 13.2. The van der Waals surface area contributed by atoms with E-state index in [0.29, 0.717) is 15.8 Å². The summed E-state index contributed by atoms with van der Waals surface area (Å²) >= 11 is 1.54. The van der Waals surface area contributed by atoms with Crippen LogP contribution in [0.3, 0.4) is 0 Å². The summed E-state index contributed by atoms with van der Waals surface area (Å²) in [6.45, 7) is 0. The summed E-state index contributed by atoms with van der Waals surface area (Å²) in [5.74, 6) is -0.858. The zero-order chi connectivity index (χ0) is 19.0. The van der Waals surface area contributed by atoms with Crippen LogP contribution in [-0.2, 0) is 22.4 Å². The SMILES string of the molecule is COC(=O)CC(C(=O)c1ccccc1)n1cnc2sc3c(c2c1=O)CCC3. The van der Waals surface area contributed by atoms with E-state index in [1.54, 1.807) is 41.7 Å². The molecule has 0 spiro atoms. The molecule has 1 unspecified atom stereocenters. The number of rotatable bonds is 5. The Kier molecular flexibility index (Phi) is 4.61. The van der Waals surface area contributed by atoms with Crippen molar-refractivity contribution in [1.29, 1.82) is 0 Å². The van der Waals surface area contributed by atoms with E-state index in [0.717, 1.165) is 24.8 Å². The third kappa shape index (κ3) is 3.08. The molecule has 0 N–H and O–H groups in total. The fourth-order valence-electron chi connectivity index (χ4n) is 3.57. The lowest BCUT2D eigenvalue weighted by Crippen LogP contribution is -2.32. The highest BCUT2D eigenvalue weighted by Crippen LogP contribution is 2.34. The molecule has 4 rings (SSSR count). The van der Waals surface area contributed by atoms with E-state index in [9.17, 15) is 14.4 Å². The smallest absolute Gasteiger partial charge is 0.308 e. The zero-order valence-corrected chi connectivity index (χ0v) is 15.6. The summed E-state index contributed by atoms with van der Waals surface area (Å²) in [6, 6.07) is 7.66.